The van der Waals surface area contributed by atoms with Crippen LogP contribution < -0.4 is 0 Å². The second kappa shape index (κ2) is 5.64. The minimum atomic E-state index is 0.116. The van der Waals surface area contributed by atoms with E-state index in [-0.39, 0.29) is 17.7 Å². The summed E-state index contributed by atoms with van der Waals surface area (Å²) in [6.07, 6.45) is 3.08. The van der Waals surface area contributed by atoms with Crippen LogP contribution in [-0.4, -0.2) is 27.0 Å². The van der Waals surface area contributed by atoms with E-state index in [1.165, 1.54) is 5.69 Å². The summed E-state index contributed by atoms with van der Waals surface area (Å²) in [6, 6.07) is 11.4. The molecule has 0 fully saturated rings. The van der Waals surface area contributed by atoms with E-state index in [0.29, 0.717) is 12.8 Å². The predicted octanol–water partition coefficient (Wildman–Crippen LogP) is 2.73. The molecule has 0 spiro atoms. The van der Waals surface area contributed by atoms with Gasteiger partial charge in [-0.15, -0.1) is 0 Å². The number of benzene rings is 1. The van der Waals surface area contributed by atoms with Crippen LogP contribution in [0.15, 0.2) is 42.6 Å². The fourth-order valence-electron chi connectivity index (χ4n) is 3.03. The highest BCUT2D eigenvalue weighted by Gasteiger charge is 2.26. The SMILES string of the molecule is CC1c2cccn2CCN1C(=O)CCc1ccccc1O. The first-order chi connectivity index (χ1) is 10.2. The Morgan fingerprint density at radius 2 is 2.05 bits per heavy atom. The number of carbonyl (C=O) groups excluding carboxylic acids is 1. The van der Waals surface area contributed by atoms with Crippen LogP contribution in [0.3, 0.4) is 0 Å². The number of aryl methyl sites for hydroxylation is 1. The van der Waals surface area contributed by atoms with Crippen molar-refractivity contribution in [3.8, 4) is 5.75 Å². The lowest BCUT2D eigenvalue weighted by Gasteiger charge is -2.35. The number of rotatable bonds is 3. The van der Waals surface area contributed by atoms with Crippen molar-refractivity contribution in [2.24, 2.45) is 0 Å². The van der Waals surface area contributed by atoms with E-state index in [9.17, 15) is 9.90 Å². The highest BCUT2D eigenvalue weighted by atomic mass is 16.3. The lowest BCUT2D eigenvalue weighted by atomic mass is 10.1. The monoisotopic (exact) mass is 284 g/mol. The maximum atomic E-state index is 12.5. The molecule has 1 atom stereocenters. The zero-order valence-corrected chi connectivity index (χ0v) is 12.2. The fourth-order valence-corrected chi connectivity index (χ4v) is 3.03. The number of nitrogens with zero attached hydrogens (tertiary/aromatic N) is 2. The van der Waals surface area contributed by atoms with E-state index in [1.54, 1.807) is 12.1 Å². The average molecular weight is 284 g/mol. The van der Waals surface area contributed by atoms with E-state index in [0.717, 1.165) is 18.7 Å². The first kappa shape index (κ1) is 13.7. The molecule has 0 aliphatic carbocycles. The topological polar surface area (TPSA) is 45.5 Å². The maximum absolute atomic E-state index is 12.5. The van der Waals surface area contributed by atoms with Crippen LogP contribution >= 0.6 is 0 Å². The zero-order chi connectivity index (χ0) is 14.8. The molecule has 4 heteroatoms. The van der Waals surface area contributed by atoms with Crippen molar-refractivity contribution >= 4 is 5.91 Å². The summed E-state index contributed by atoms with van der Waals surface area (Å²) in [5.41, 5.74) is 2.02. The summed E-state index contributed by atoms with van der Waals surface area (Å²) in [7, 11) is 0. The molecule has 3 rings (SSSR count). The molecular formula is C17H20N2O2. The molecule has 1 aliphatic rings. The molecule has 0 saturated carbocycles. The molecule has 21 heavy (non-hydrogen) atoms. The van der Waals surface area contributed by atoms with Crippen LogP contribution in [0.4, 0.5) is 0 Å². The largest absolute Gasteiger partial charge is 0.508 e. The Kier molecular flexibility index (Phi) is 3.69. The number of amides is 1. The number of aromatic hydroxyl groups is 1. The molecule has 0 radical (unpaired) electrons. The quantitative estimate of drug-likeness (QED) is 0.942. The first-order valence-electron chi connectivity index (χ1n) is 7.38. The van der Waals surface area contributed by atoms with Crippen LogP contribution in [0.5, 0.6) is 5.75 Å². The molecule has 1 aliphatic heterocycles. The van der Waals surface area contributed by atoms with Gasteiger partial charge in [0.2, 0.25) is 5.91 Å². The minimum absolute atomic E-state index is 0.116. The van der Waals surface area contributed by atoms with Gasteiger partial charge in [0.25, 0.3) is 0 Å². The van der Waals surface area contributed by atoms with Crippen LogP contribution in [0.25, 0.3) is 0 Å². The summed E-state index contributed by atoms with van der Waals surface area (Å²) in [5, 5.41) is 9.76. The van der Waals surface area contributed by atoms with Crippen molar-refractivity contribution < 1.29 is 9.90 Å². The highest BCUT2D eigenvalue weighted by molar-refractivity contribution is 5.77. The molecule has 0 bridgehead atoms. The van der Waals surface area contributed by atoms with E-state index < -0.39 is 0 Å². The third kappa shape index (κ3) is 2.66. The highest BCUT2D eigenvalue weighted by Crippen LogP contribution is 2.26. The van der Waals surface area contributed by atoms with Gasteiger partial charge < -0.3 is 14.6 Å². The van der Waals surface area contributed by atoms with Crippen molar-refractivity contribution in [2.45, 2.75) is 32.4 Å². The Hall–Kier alpha value is -2.23. The van der Waals surface area contributed by atoms with Crippen molar-refractivity contribution in [2.75, 3.05) is 6.54 Å². The minimum Gasteiger partial charge on any atom is -0.508 e. The van der Waals surface area contributed by atoms with Crippen LogP contribution in [-0.2, 0) is 17.8 Å². The van der Waals surface area contributed by atoms with Gasteiger partial charge in [-0.2, -0.15) is 0 Å². The predicted molar refractivity (Wildman–Crippen MR) is 81.0 cm³/mol. The normalized spacial score (nSPS) is 17.6. The van der Waals surface area contributed by atoms with Gasteiger partial charge in [0.15, 0.2) is 0 Å². The van der Waals surface area contributed by atoms with Crippen molar-refractivity contribution in [3.63, 3.8) is 0 Å². The van der Waals surface area contributed by atoms with Gasteiger partial charge in [0.05, 0.1) is 6.04 Å². The molecule has 2 aromatic rings. The lowest BCUT2D eigenvalue weighted by Crippen LogP contribution is -2.40. The van der Waals surface area contributed by atoms with Gasteiger partial charge in [0, 0.05) is 31.4 Å². The average Bonchev–Trinajstić information content (AvgIpc) is 2.96. The van der Waals surface area contributed by atoms with E-state index >= 15 is 0 Å². The van der Waals surface area contributed by atoms with E-state index in [4.69, 9.17) is 0 Å². The standard InChI is InChI=1S/C17H20N2O2/c1-13-15-6-4-10-18(15)11-12-19(13)17(21)9-8-14-5-2-3-7-16(14)20/h2-7,10,13,20H,8-9,11-12H2,1H3. The molecule has 1 N–H and O–H groups in total. The van der Waals surface area contributed by atoms with E-state index in [2.05, 4.69) is 23.8 Å². The van der Waals surface area contributed by atoms with Crippen molar-refractivity contribution in [1.29, 1.82) is 0 Å². The Labute approximate surface area is 124 Å². The number of carbonyl (C=O) groups is 1. The Morgan fingerprint density at radius 1 is 1.24 bits per heavy atom. The third-order valence-electron chi connectivity index (χ3n) is 4.26. The molecular weight excluding hydrogens is 264 g/mol. The molecule has 1 amide bonds. The molecule has 0 saturated heterocycles. The first-order valence-corrected chi connectivity index (χ1v) is 7.38. The maximum Gasteiger partial charge on any atom is 0.223 e. The summed E-state index contributed by atoms with van der Waals surface area (Å²) >= 11 is 0. The van der Waals surface area contributed by atoms with Crippen molar-refractivity contribution in [3.05, 3.63) is 53.9 Å². The van der Waals surface area contributed by atoms with Crippen molar-refractivity contribution in [1.82, 2.24) is 9.47 Å². The second-order valence-electron chi connectivity index (χ2n) is 5.52. The van der Waals surface area contributed by atoms with Gasteiger partial charge >= 0.3 is 0 Å². The Bertz CT molecular complexity index is 648. The Balaban J connectivity index is 1.65. The molecule has 2 heterocycles. The molecule has 110 valence electrons. The molecule has 1 aromatic carbocycles. The molecule has 1 aromatic heterocycles. The fraction of sp³-hybridized carbons (Fsp3) is 0.353. The lowest BCUT2D eigenvalue weighted by molar-refractivity contribution is -0.134. The van der Waals surface area contributed by atoms with Gasteiger partial charge in [-0.25, -0.2) is 0 Å². The number of hydrogen-bond acceptors (Lipinski definition) is 2. The van der Waals surface area contributed by atoms with Crippen LogP contribution in [0.1, 0.15) is 30.6 Å². The number of hydrogen-bond donors (Lipinski definition) is 1. The summed E-state index contributed by atoms with van der Waals surface area (Å²) < 4.78 is 2.21. The third-order valence-corrected chi connectivity index (χ3v) is 4.26. The van der Waals surface area contributed by atoms with Gasteiger partial charge in [-0.1, -0.05) is 18.2 Å². The number of para-hydroxylation sites is 1. The summed E-state index contributed by atoms with van der Waals surface area (Å²) in [4.78, 5) is 14.4. The smallest absolute Gasteiger partial charge is 0.223 e. The summed E-state index contributed by atoms with van der Waals surface area (Å²) in [5.74, 6) is 0.420. The summed E-state index contributed by atoms with van der Waals surface area (Å²) in [6.45, 7) is 3.68. The van der Waals surface area contributed by atoms with Gasteiger partial charge in [-0.05, 0) is 37.1 Å². The Morgan fingerprint density at radius 3 is 2.86 bits per heavy atom. The van der Waals surface area contributed by atoms with Gasteiger partial charge in [0.1, 0.15) is 5.75 Å². The zero-order valence-electron chi connectivity index (χ0n) is 12.2. The molecule has 4 nitrogen and oxygen atoms in total. The number of fused-ring (bicyclic) bond motifs is 1. The number of phenolic OH excluding ortho intramolecular Hbond substituents is 1. The molecule has 1 unspecified atom stereocenters. The second-order valence-corrected chi connectivity index (χ2v) is 5.52. The number of phenols is 1. The van der Waals surface area contributed by atoms with Gasteiger partial charge in [-0.3, -0.25) is 4.79 Å². The van der Waals surface area contributed by atoms with Crippen LogP contribution in [0, 0.1) is 0 Å². The van der Waals surface area contributed by atoms with Crippen LogP contribution in [0.2, 0.25) is 0 Å². The van der Waals surface area contributed by atoms with E-state index in [1.807, 2.05) is 23.1 Å². The number of aromatic nitrogens is 1.